The van der Waals surface area contributed by atoms with Crippen LogP contribution in [0.4, 0.5) is 0 Å². The van der Waals surface area contributed by atoms with Crippen LogP contribution in [0.3, 0.4) is 0 Å². The molecule has 0 saturated carbocycles. The van der Waals surface area contributed by atoms with Crippen molar-refractivity contribution in [2.24, 2.45) is 11.8 Å². The van der Waals surface area contributed by atoms with Crippen LogP contribution < -0.4 is 0 Å². The van der Waals surface area contributed by atoms with E-state index in [0.29, 0.717) is 29.7 Å². The fourth-order valence-electron chi connectivity index (χ4n) is 5.74. The summed E-state index contributed by atoms with van der Waals surface area (Å²) in [6.07, 6.45) is 5.04. The predicted molar refractivity (Wildman–Crippen MR) is 129 cm³/mol. The maximum Gasteiger partial charge on any atom is 0.226 e. The van der Waals surface area contributed by atoms with E-state index in [0.717, 1.165) is 34.1 Å². The lowest BCUT2D eigenvalue weighted by molar-refractivity contribution is -0.121. The van der Waals surface area contributed by atoms with Gasteiger partial charge in [-0.2, -0.15) is 4.98 Å². The highest BCUT2D eigenvalue weighted by Crippen LogP contribution is 2.51. The van der Waals surface area contributed by atoms with Crippen molar-refractivity contribution in [1.29, 1.82) is 0 Å². The summed E-state index contributed by atoms with van der Waals surface area (Å²) in [5.74, 6) is 1.08. The van der Waals surface area contributed by atoms with Gasteiger partial charge in [0.15, 0.2) is 11.6 Å². The van der Waals surface area contributed by atoms with Gasteiger partial charge in [-0.25, -0.2) is 14.8 Å². The van der Waals surface area contributed by atoms with E-state index in [4.69, 9.17) is 21.1 Å². The summed E-state index contributed by atoms with van der Waals surface area (Å²) in [6, 6.07) is 9.78. The first kappa shape index (κ1) is 21.3. The van der Waals surface area contributed by atoms with Crippen molar-refractivity contribution < 1.29 is 9.32 Å². The molecule has 172 valence electrons. The van der Waals surface area contributed by atoms with E-state index in [1.54, 1.807) is 13.1 Å². The molecule has 0 N–H and O–H groups in total. The highest BCUT2D eigenvalue weighted by atomic mass is 16.5. The van der Waals surface area contributed by atoms with Gasteiger partial charge in [-0.15, -0.1) is 0 Å². The fraction of sp³-hybridized carbons (Fsp3) is 0.296. The molecule has 0 unspecified atom stereocenters. The molecule has 4 aromatic rings. The molecule has 0 amide bonds. The Kier molecular flexibility index (Phi) is 4.65. The standard InChI is InChI=1S/C27H22N6O2/c1-14-19-10-9-18-22(26-30-15(2)35-33-26)31-25(17-11-12-29-20-8-6-5-7-16(17)20)32-24(18)27(19,3)13-21(28-4)23(14)34/h5-8,11-14,19H,9-10H2,1-3H3/t14-,19-,27-/m1/s1. The summed E-state index contributed by atoms with van der Waals surface area (Å²) in [5.41, 5.74) is 3.65. The molecule has 2 aliphatic rings. The van der Waals surface area contributed by atoms with Crippen LogP contribution >= 0.6 is 0 Å². The number of hydrogen-bond acceptors (Lipinski definition) is 7. The molecular weight excluding hydrogens is 440 g/mol. The lowest BCUT2D eigenvalue weighted by Crippen LogP contribution is -2.46. The normalized spacial score (nSPS) is 23.4. The average molecular weight is 463 g/mol. The van der Waals surface area contributed by atoms with Crippen molar-refractivity contribution in [3.8, 4) is 22.9 Å². The summed E-state index contributed by atoms with van der Waals surface area (Å²) in [7, 11) is 0. The minimum absolute atomic E-state index is 0.0322. The smallest absolute Gasteiger partial charge is 0.226 e. The Bertz CT molecular complexity index is 1590. The van der Waals surface area contributed by atoms with Crippen LogP contribution in [-0.4, -0.2) is 30.9 Å². The molecule has 0 radical (unpaired) electrons. The number of allylic oxidation sites excluding steroid dienone is 2. The van der Waals surface area contributed by atoms with Gasteiger partial charge in [-0.3, -0.25) is 4.98 Å². The van der Waals surface area contributed by atoms with Crippen molar-refractivity contribution in [3.05, 3.63) is 76.9 Å². The van der Waals surface area contributed by atoms with Crippen molar-refractivity contribution >= 4 is 16.7 Å². The molecular formula is C27H22N6O2. The number of ketones is 1. The number of pyridine rings is 1. The Hall–Kier alpha value is -4.25. The summed E-state index contributed by atoms with van der Waals surface area (Å²) < 4.78 is 5.30. The molecule has 3 heterocycles. The van der Waals surface area contributed by atoms with E-state index in [1.165, 1.54) is 0 Å². The van der Waals surface area contributed by atoms with E-state index < -0.39 is 5.41 Å². The van der Waals surface area contributed by atoms with Crippen LogP contribution in [-0.2, 0) is 16.6 Å². The number of aryl methyl sites for hydroxylation is 1. The molecule has 0 bridgehead atoms. The molecule has 6 rings (SSSR count). The van der Waals surface area contributed by atoms with Crippen LogP contribution in [0.25, 0.3) is 38.7 Å². The molecule has 0 fully saturated rings. The Morgan fingerprint density at radius 1 is 1.14 bits per heavy atom. The molecule has 2 aliphatic carbocycles. The summed E-state index contributed by atoms with van der Waals surface area (Å²) in [6.45, 7) is 13.4. The summed E-state index contributed by atoms with van der Waals surface area (Å²) in [4.78, 5) is 35.4. The third kappa shape index (κ3) is 3.12. The topological polar surface area (TPSA) is 99.0 Å². The van der Waals surface area contributed by atoms with Crippen LogP contribution in [0.1, 0.15) is 37.4 Å². The number of benzene rings is 1. The van der Waals surface area contributed by atoms with Gasteiger partial charge in [0.2, 0.25) is 17.4 Å². The monoisotopic (exact) mass is 462 g/mol. The van der Waals surface area contributed by atoms with Gasteiger partial charge in [0.1, 0.15) is 5.69 Å². The lowest BCUT2D eigenvalue weighted by atomic mass is 9.58. The minimum atomic E-state index is -0.602. The number of aromatic nitrogens is 5. The Balaban J connectivity index is 1.68. The number of rotatable bonds is 2. The van der Waals surface area contributed by atoms with Gasteiger partial charge < -0.3 is 9.32 Å². The molecule has 35 heavy (non-hydrogen) atoms. The quantitative estimate of drug-likeness (QED) is 0.391. The highest BCUT2D eigenvalue weighted by Gasteiger charge is 2.49. The third-order valence-corrected chi connectivity index (χ3v) is 7.45. The molecule has 0 saturated heterocycles. The van der Waals surface area contributed by atoms with Gasteiger partial charge >= 0.3 is 0 Å². The fourth-order valence-corrected chi connectivity index (χ4v) is 5.74. The number of nitrogens with zero attached hydrogens (tertiary/aromatic N) is 6. The minimum Gasteiger partial charge on any atom is -0.339 e. The maximum atomic E-state index is 12.8. The Labute approximate surface area is 202 Å². The third-order valence-electron chi connectivity index (χ3n) is 7.45. The van der Waals surface area contributed by atoms with Crippen molar-refractivity contribution in [3.63, 3.8) is 0 Å². The summed E-state index contributed by atoms with van der Waals surface area (Å²) in [5, 5.41) is 5.11. The first-order valence-electron chi connectivity index (χ1n) is 11.6. The van der Waals surface area contributed by atoms with Crippen LogP contribution in [0.2, 0.25) is 0 Å². The van der Waals surface area contributed by atoms with Gasteiger partial charge in [0, 0.05) is 41.0 Å². The molecule has 0 aliphatic heterocycles. The molecule has 1 aromatic carbocycles. The Morgan fingerprint density at radius 3 is 2.74 bits per heavy atom. The maximum absolute atomic E-state index is 12.8. The van der Waals surface area contributed by atoms with Crippen LogP contribution in [0.15, 0.2) is 52.8 Å². The lowest BCUT2D eigenvalue weighted by Gasteiger charge is -2.46. The Morgan fingerprint density at radius 2 is 1.97 bits per heavy atom. The van der Waals surface area contributed by atoms with Gasteiger partial charge in [0.25, 0.3) is 0 Å². The number of hydrogen-bond donors (Lipinski definition) is 0. The van der Waals surface area contributed by atoms with Gasteiger partial charge in [-0.05, 0) is 30.9 Å². The highest BCUT2D eigenvalue weighted by molar-refractivity contribution is 6.00. The second-order valence-corrected chi connectivity index (χ2v) is 9.46. The second-order valence-electron chi connectivity index (χ2n) is 9.46. The number of carbonyl (C=O) groups is 1. The van der Waals surface area contributed by atoms with Crippen LogP contribution in [0, 0.1) is 25.3 Å². The first-order chi connectivity index (χ1) is 16.9. The predicted octanol–water partition coefficient (Wildman–Crippen LogP) is 4.89. The van der Waals surface area contributed by atoms with E-state index in [-0.39, 0.29) is 23.3 Å². The van der Waals surface area contributed by atoms with E-state index >= 15 is 0 Å². The number of fused-ring (bicyclic) bond motifs is 4. The number of carbonyl (C=O) groups excluding carboxylic acids is 1. The molecule has 8 nitrogen and oxygen atoms in total. The average Bonchev–Trinajstić information content (AvgIpc) is 3.31. The van der Waals surface area contributed by atoms with Gasteiger partial charge in [0.05, 0.1) is 17.8 Å². The van der Waals surface area contributed by atoms with E-state index in [9.17, 15) is 4.79 Å². The molecule has 3 aromatic heterocycles. The van der Waals surface area contributed by atoms with E-state index in [1.807, 2.05) is 43.3 Å². The van der Waals surface area contributed by atoms with Crippen LogP contribution in [0.5, 0.6) is 0 Å². The SMILES string of the molecule is [C-]#[N+]C1=C[C@@]2(C)c3nc(-c4ccnc5ccccc45)nc(-c4noc(C)n4)c3CC[C@@H]2[C@@H](C)C1=O. The molecule has 0 spiro atoms. The van der Waals surface area contributed by atoms with Crippen molar-refractivity contribution in [2.45, 2.75) is 39.0 Å². The zero-order chi connectivity index (χ0) is 24.3. The van der Waals surface area contributed by atoms with Gasteiger partial charge in [-0.1, -0.05) is 43.3 Å². The number of Topliss-reactive ketones (excluding diaryl/α,β-unsaturated/α-hetero) is 1. The number of para-hydroxylation sites is 1. The zero-order valence-electron chi connectivity index (χ0n) is 19.6. The zero-order valence-corrected chi connectivity index (χ0v) is 19.6. The summed E-state index contributed by atoms with van der Waals surface area (Å²) >= 11 is 0. The second kappa shape index (κ2) is 7.64. The largest absolute Gasteiger partial charge is 0.339 e. The first-order valence-corrected chi connectivity index (χ1v) is 11.6. The molecule has 3 atom stereocenters. The van der Waals surface area contributed by atoms with E-state index in [2.05, 4.69) is 26.9 Å². The van der Waals surface area contributed by atoms with Crippen molar-refractivity contribution in [1.82, 2.24) is 25.1 Å². The molecule has 8 heteroatoms. The van der Waals surface area contributed by atoms with Crippen molar-refractivity contribution in [2.75, 3.05) is 0 Å².